The van der Waals surface area contributed by atoms with Crippen LogP contribution >= 0.6 is 15.9 Å². The summed E-state index contributed by atoms with van der Waals surface area (Å²) in [6.45, 7) is 1.37. The van der Waals surface area contributed by atoms with Gasteiger partial charge in [0, 0.05) is 24.1 Å². The van der Waals surface area contributed by atoms with E-state index in [0.717, 1.165) is 48.7 Å². The van der Waals surface area contributed by atoms with Gasteiger partial charge in [0.2, 0.25) is 0 Å². The van der Waals surface area contributed by atoms with Crippen molar-refractivity contribution in [1.82, 2.24) is 0 Å². The molecule has 0 N–H and O–H groups in total. The summed E-state index contributed by atoms with van der Waals surface area (Å²) in [5.74, 6) is 2.06. The first kappa shape index (κ1) is 23.0. The molecule has 0 bridgehead atoms. The first-order chi connectivity index (χ1) is 15.4. The second kappa shape index (κ2) is 9.74. The van der Waals surface area contributed by atoms with Crippen LogP contribution in [0.5, 0.6) is 5.75 Å². The first-order valence-corrected chi connectivity index (χ1v) is 12.2. The smallest absolute Gasteiger partial charge is 0.417 e. The quantitative estimate of drug-likeness (QED) is 0.399. The number of halogens is 4. The molecule has 32 heavy (non-hydrogen) atoms. The number of hydrogen-bond acceptors (Lipinski definition) is 3. The van der Waals surface area contributed by atoms with Gasteiger partial charge in [-0.3, -0.25) is 0 Å². The molecule has 0 aromatic heterocycles. The topological polar surface area (TPSA) is 36.3 Å². The Labute approximate surface area is 195 Å². The Morgan fingerprint density at radius 1 is 1.06 bits per heavy atom. The molecule has 1 heterocycles. The molecule has 2 fully saturated rings. The number of anilines is 1. The van der Waals surface area contributed by atoms with Crippen molar-refractivity contribution in [2.75, 3.05) is 23.3 Å². The number of nitriles is 1. The van der Waals surface area contributed by atoms with E-state index in [9.17, 15) is 13.2 Å². The molecule has 2 aromatic carbocycles. The van der Waals surface area contributed by atoms with Crippen LogP contribution in [-0.2, 0) is 6.18 Å². The van der Waals surface area contributed by atoms with Gasteiger partial charge in [0.05, 0.1) is 23.3 Å². The summed E-state index contributed by atoms with van der Waals surface area (Å²) in [4.78, 5) is 1.98. The zero-order valence-electron chi connectivity index (χ0n) is 17.7. The summed E-state index contributed by atoms with van der Waals surface area (Å²) in [7, 11) is 0. The number of piperidine rings is 1. The van der Waals surface area contributed by atoms with E-state index in [1.807, 2.05) is 17.0 Å². The molecular formula is C25H26BrF3N2O. The lowest BCUT2D eigenvalue weighted by Gasteiger charge is -2.35. The summed E-state index contributed by atoms with van der Waals surface area (Å²) in [6.07, 6.45) is 0.988. The fraction of sp³-hybridized carbons (Fsp3) is 0.480. The molecule has 1 aliphatic carbocycles. The van der Waals surface area contributed by atoms with Crippen LogP contribution in [-0.4, -0.2) is 24.5 Å². The molecule has 3 nitrogen and oxygen atoms in total. The van der Waals surface area contributed by atoms with Crippen molar-refractivity contribution in [3.8, 4) is 11.8 Å². The molecule has 1 saturated carbocycles. The third-order valence-electron chi connectivity index (χ3n) is 6.65. The summed E-state index contributed by atoms with van der Waals surface area (Å²) in [6, 6.07) is 13.9. The van der Waals surface area contributed by atoms with Gasteiger partial charge in [0.1, 0.15) is 5.75 Å². The van der Waals surface area contributed by atoms with Crippen molar-refractivity contribution in [1.29, 1.82) is 5.26 Å². The van der Waals surface area contributed by atoms with Gasteiger partial charge in [0.15, 0.2) is 0 Å². The van der Waals surface area contributed by atoms with Gasteiger partial charge >= 0.3 is 6.18 Å². The van der Waals surface area contributed by atoms with Gasteiger partial charge in [-0.05, 0) is 79.8 Å². The number of ether oxygens (including phenoxy) is 1. The van der Waals surface area contributed by atoms with Gasteiger partial charge in [0.25, 0.3) is 0 Å². The van der Waals surface area contributed by atoms with Crippen LogP contribution in [0.4, 0.5) is 18.9 Å². The molecule has 0 amide bonds. The third kappa shape index (κ3) is 5.23. The first-order valence-electron chi connectivity index (χ1n) is 11.1. The second-order valence-electron chi connectivity index (χ2n) is 8.72. The Morgan fingerprint density at radius 2 is 1.75 bits per heavy atom. The van der Waals surface area contributed by atoms with Gasteiger partial charge in [-0.1, -0.05) is 28.1 Å². The maximum absolute atomic E-state index is 13.3. The number of nitrogens with zero attached hydrogens (tertiary/aromatic N) is 2. The Hall–Kier alpha value is -2.20. The van der Waals surface area contributed by atoms with E-state index in [0.29, 0.717) is 30.8 Å². The van der Waals surface area contributed by atoms with Crippen LogP contribution in [0.15, 0.2) is 42.5 Å². The highest BCUT2D eigenvalue weighted by molar-refractivity contribution is 9.09. The Morgan fingerprint density at radius 3 is 2.34 bits per heavy atom. The molecule has 2 aromatic rings. The van der Waals surface area contributed by atoms with Crippen LogP contribution in [0.1, 0.15) is 54.7 Å². The lowest BCUT2D eigenvalue weighted by atomic mass is 9.80. The maximum Gasteiger partial charge on any atom is 0.417 e. The molecule has 0 atom stereocenters. The SMILES string of the molecule is N#Cc1ccc(N2CCC(c3ccc(OC4CC(CCBr)C4)cc3)CC2)cc1C(F)(F)F. The van der Waals surface area contributed by atoms with E-state index in [1.165, 1.54) is 18.1 Å². The normalized spacial score (nSPS) is 21.7. The third-order valence-corrected chi connectivity index (χ3v) is 7.11. The molecule has 170 valence electrons. The highest BCUT2D eigenvalue weighted by Crippen LogP contribution is 2.37. The minimum absolute atomic E-state index is 0.321. The summed E-state index contributed by atoms with van der Waals surface area (Å²) < 4.78 is 45.9. The van der Waals surface area contributed by atoms with Crippen molar-refractivity contribution in [2.45, 2.75) is 50.3 Å². The van der Waals surface area contributed by atoms with Gasteiger partial charge in [-0.15, -0.1) is 0 Å². The molecule has 1 saturated heterocycles. The number of hydrogen-bond donors (Lipinski definition) is 0. The van der Waals surface area contributed by atoms with E-state index >= 15 is 0 Å². The number of alkyl halides is 4. The van der Waals surface area contributed by atoms with Crippen molar-refractivity contribution in [3.05, 3.63) is 59.2 Å². The van der Waals surface area contributed by atoms with Gasteiger partial charge < -0.3 is 9.64 Å². The van der Waals surface area contributed by atoms with Crippen LogP contribution in [0.2, 0.25) is 0 Å². The Kier molecular flexibility index (Phi) is 6.99. The molecule has 0 radical (unpaired) electrons. The average molecular weight is 507 g/mol. The lowest BCUT2D eigenvalue weighted by molar-refractivity contribution is -0.137. The molecular weight excluding hydrogens is 481 g/mol. The van der Waals surface area contributed by atoms with E-state index in [-0.39, 0.29) is 5.56 Å². The van der Waals surface area contributed by atoms with E-state index in [4.69, 9.17) is 10.00 Å². The van der Waals surface area contributed by atoms with E-state index < -0.39 is 11.7 Å². The van der Waals surface area contributed by atoms with E-state index in [1.54, 1.807) is 12.1 Å². The Bertz CT molecular complexity index is 957. The molecule has 1 aliphatic heterocycles. The Balaban J connectivity index is 1.33. The fourth-order valence-electron chi connectivity index (χ4n) is 4.70. The standard InChI is InChI=1S/C25H26BrF3N2O/c26-10-7-17-13-23(14-17)32-22-5-2-18(3-6-22)19-8-11-31(12-9-19)21-4-1-20(16-30)24(15-21)25(27,28)29/h1-6,15,17,19,23H,7-14H2. The maximum atomic E-state index is 13.3. The molecule has 2 aliphatic rings. The zero-order chi connectivity index (χ0) is 22.7. The fourth-order valence-corrected chi connectivity index (χ4v) is 5.35. The predicted octanol–water partition coefficient (Wildman–Crippen LogP) is 6.90. The highest BCUT2D eigenvalue weighted by atomic mass is 79.9. The lowest BCUT2D eigenvalue weighted by Crippen LogP contribution is -2.34. The average Bonchev–Trinajstić information content (AvgIpc) is 2.77. The highest BCUT2D eigenvalue weighted by Gasteiger charge is 2.34. The van der Waals surface area contributed by atoms with Gasteiger partial charge in [-0.2, -0.15) is 18.4 Å². The number of rotatable bonds is 6. The second-order valence-corrected chi connectivity index (χ2v) is 9.52. The van der Waals surface area contributed by atoms with Crippen LogP contribution in [0, 0.1) is 17.2 Å². The van der Waals surface area contributed by atoms with Crippen LogP contribution < -0.4 is 9.64 Å². The van der Waals surface area contributed by atoms with Crippen molar-refractivity contribution >= 4 is 21.6 Å². The summed E-state index contributed by atoms with van der Waals surface area (Å²) in [5, 5.41) is 10.0. The van der Waals surface area contributed by atoms with Crippen LogP contribution in [0.3, 0.4) is 0 Å². The van der Waals surface area contributed by atoms with E-state index in [2.05, 4.69) is 28.1 Å². The number of benzene rings is 2. The minimum atomic E-state index is -4.53. The molecule has 7 heteroatoms. The predicted molar refractivity (Wildman–Crippen MR) is 122 cm³/mol. The van der Waals surface area contributed by atoms with Crippen LogP contribution in [0.25, 0.3) is 0 Å². The van der Waals surface area contributed by atoms with Crippen molar-refractivity contribution in [3.63, 3.8) is 0 Å². The minimum Gasteiger partial charge on any atom is -0.490 e. The molecule has 0 unspecified atom stereocenters. The summed E-state index contributed by atoms with van der Waals surface area (Å²) >= 11 is 3.49. The van der Waals surface area contributed by atoms with Gasteiger partial charge in [-0.25, -0.2) is 0 Å². The largest absolute Gasteiger partial charge is 0.490 e. The monoisotopic (exact) mass is 506 g/mol. The summed E-state index contributed by atoms with van der Waals surface area (Å²) in [5.41, 5.74) is 0.579. The van der Waals surface area contributed by atoms with Crippen molar-refractivity contribution < 1.29 is 17.9 Å². The molecule has 0 spiro atoms. The zero-order valence-corrected chi connectivity index (χ0v) is 19.3. The molecule has 4 rings (SSSR count). The van der Waals surface area contributed by atoms with Crippen molar-refractivity contribution in [2.24, 2.45) is 5.92 Å².